The average molecular weight is 270 g/mol. The van der Waals surface area contributed by atoms with Crippen LogP contribution in [0, 0.1) is 11.8 Å². The molecule has 2 N–H and O–H groups in total. The van der Waals surface area contributed by atoms with Crippen LogP contribution in [0.5, 0.6) is 0 Å². The van der Waals surface area contributed by atoms with Crippen LogP contribution < -0.4 is 5.73 Å². The summed E-state index contributed by atoms with van der Waals surface area (Å²) in [6.07, 6.45) is 5.19. The van der Waals surface area contributed by atoms with Crippen molar-refractivity contribution in [3.63, 3.8) is 0 Å². The summed E-state index contributed by atoms with van der Waals surface area (Å²) in [6.45, 7) is 13.6. The van der Waals surface area contributed by atoms with Crippen molar-refractivity contribution < 1.29 is 4.74 Å². The second-order valence-electron chi connectivity index (χ2n) is 6.68. The standard InChI is InChI=1S/C16H34N2O/c1-5-18(9-10-19-12-14(2)3)16(13-17)8-6-7-15(4)11-16/h14-15H,5-13,17H2,1-4H3. The van der Waals surface area contributed by atoms with Gasteiger partial charge < -0.3 is 10.5 Å². The first-order valence-corrected chi connectivity index (χ1v) is 8.07. The van der Waals surface area contributed by atoms with E-state index in [1.165, 1.54) is 25.7 Å². The Morgan fingerprint density at radius 1 is 1.42 bits per heavy atom. The lowest BCUT2D eigenvalue weighted by molar-refractivity contribution is 0.0110. The molecule has 1 saturated carbocycles. The molecule has 1 fully saturated rings. The zero-order valence-corrected chi connectivity index (χ0v) is 13.5. The van der Waals surface area contributed by atoms with Gasteiger partial charge in [-0.2, -0.15) is 0 Å². The predicted octanol–water partition coefficient (Wildman–Crippen LogP) is 2.89. The minimum absolute atomic E-state index is 0.230. The van der Waals surface area contributed by atoms with E-state index in [0.717, 1.165) is 38.8 Å². The van der Waals surface area contributed by atoms with E-state index in [4.69, 9.17) is 10.5 Å². The third-order valence-electron chi connectivity index (χ3n) is 4.46. The lowest BCUT2D eigenvalue weighted by Crippen LogP contribution is -2.57. The summed E-state index contributed by atoms with van der Waals surface area (Å²) in [5.41, 5.74) is 6.38. The summed E-state index contributed by atoms with van der Waals surface area (Å²) in [5, 5.41) is 0. The summed E-state index contributed by atoms with van der Waals surface area (Å²) in [4.78, 5) is 2.57. The van der Waals surface area contributed by atoms with Gasteiger partial charge in [0.05, 0.1) is 6.61 Å². The van der Waals surface area contributed by atoms with E-state index in [0.29, 0.717) is 5.92 Å². The first-order valence-electron chi connectivity index (χ1n) is 8.07. The first-order chi connectivity index (χ1) is 9.04. The maximum atomic E-state index is 6.15. The van der Waals surface area contributed by atoms with E-state index in [1.54, 1.807) is 0 Å². The quantitative estimate of drug-likeness (QED) is 0.689. The third-order valence-corrected chi connectivity index (χ3v) is 4.46. The molecule has 0 spiro atoms. The van der Waals surface area contributed by atoms with Crippen molar-refractivity contribution in [1.82, 2.24) is 4.90 Å². The molecule has 0 aliphatic heterocycles. The van der Waals surface area contributed by atoms with Crippen molar-refractivity contribution in [2.75, 3.05) is 32.8 Å². The highest BCUT2D eigenvalue weighted by Gasteiger charge is 2.38. The maximum absolute atomic E-state index is 6.15. The zero-order chi connectivity index (χ0) is 14.3. The minimum atomic E-state index is 0.230. The van der Waals surface area contributed by atoms with Gasteiger partial charge in [-0.1, -0.05) is 40.5 Å². The van der Waals surface area contributed by atoms with E-state index in [9.17, 15) is 0 Å². The van der Waals surface area contributed by atoms with E-state index in [1.807, 2.05) is 0 Å². The molecular weight excluding hydrogens is 236 g/mol. The number of hydrogen-bond acceptors (Lipinski definition) is 3. The Hall–Kier alpha value is -0.120. The summed E-state index contributed by atoms with van der Waals surface area (Å²) in [6, 6.07) is 0. The first kappa shape index (κ1) is 16.9. The van der Waals surface area contributed by atoms with E-state index in [2.05, 4.69) is 32.6 Å². The van der Waals surface area contributed by atoms with E-state index in [-0.39, 0.29) is 5.54 Å². The number of nitrogens with two attached hydrogens (primary N) is 1. The number of rotatable bonds is 8. The third kappa shape index (κ3) is 5.05. The van der Waals surface area contributed by atoms with Crippen LogP contribution in [-0.2, 0) is 4.74 Å². The van der Waals surface area contributed by atoms with Gasteiger partial charge in [0, 0.05) is 25.2 Å². The lowest BCUT2D eigenvalue weighted by Gasteiger charge is -2.47. The molecule has 1 rings (SSSR count). The maximum Gasteiger partial charge on any atom is 0.0593 e. The Morgan fingerprint density at radius 2 is 2.16 bits per heavy atom. The van der Waals surface area contributed by atoms with Crippen LogP contribution in [0.15, 0.2) is 0 Å². The van der Waals surface area contributed by atoms with Crippen LogP contribution in [0.3, 0.4) is 0 Å². The van der Waals surface area contributed by atoms with Gasteiger partial charge in [0.15, 0.2) is 0 Å². The van der Waals surface area contributed by atoms with E-state index < -0.39 is 0 Å². The summed E-state index contributed by atoms with van der Waals surface area (Å²) in [7, 11) is 0. The molecule has 0 aromatic carbocycles. The molecule has 3 heteroatoms. The van der Waals surface area contributed by atoms with Crippen molar-refractivity contribution in [1.29, 1.82) is 0 Å². The van der Waals surface area contributed by atoms with Crippen LogP contribution >= 0.6 is 0 Å². The molecule has 0 heterocycles. The molecule has 19 heavy (non-hydrogen) atoms. The molecule has 114 valence electrons. The summed E-state index contributed by atoms with van der Waals surface area (Å²) in [5.74, 6) is 1.43. The molecular formula is C16H34N2O. The van der Waals surface area contributed by atoms with Crippen LogP contribution in [0.4, 0.5) is 0 Å². The van der Waals surface area contributed by atoms with E-state index >= 15 is 0 Å². The van der Waals surface area contributed by atoms with Crippen LogP contribution in [-0.4, -0.2) is 43.3 Å². The van der Waals surface area contributed by atoms with Crippen LogP contribution in [0.25, 0.3) is 0 Å². The van der Waals surface area contributed by atoms with Gasteiger partial charge in [-0.25, -0.2) is 0 Å². The number of nitrogens with zero attached hydrogens (tertiary/aromatic N) is 1. The van der Waals surface area contributed by atoms with Gasteiger partial charge >= 0.3 is 0 Å². The Kier molecular flexibility index (Phi) is 7.33. The number of ether oxygens (including phenoxy) is 1. The highest BCUT2D eigenvalue weighted by atomic mass is 16.5. The fourth-order valence-electron chi connectivity index (χ4n) is 3.46. The number of hydrogen-bond donors (Lipinski definition) is 1. The van der Waals surface area contributed by atoms with Crippen molar-refractivity contribution in [3.05, 3.63) is 0 Å². The van der Waals surface area contributed by atoms with Gasteiger partial charge in [0.2, 0.25) is 0 Å². The van der Waals surface area contributed by atoms with Crippen LogP contribution in [0.1, 0.15) is 53.4 Å². The normalized spacial score (nSPS) is 28.3. The van der Waals surface area contributed by atoms with Crippen molar-refractivity contribution >= 4 is 0 Å². The van der Waals surface area contributed by atoms with Gasteiger partial charge in [-0.15, -0.1) is 0 Å². The number of likely N-dealkylation sites (N-methyl/N-ethyl adjacent to an activating group) is 1. The molecule has 0 saturated heterocycles. The Morgan fingerprint density at radius 3 is 2.68 bits per heavy atom. The summed E-state index contributed by atoms with van der Waals surface area (Å²) < 4.78 is 5.75. The molecule has 1 aliphatic carbocycles. The SMILES string of the molecule is CCN(CCOCC(C)C)C1(CN)CCCC(C)C1. The highest BCUT2D eigenvalue weighted by Crippen LogP contribution is 2.36. The van der Waals surface area contributed by atoms with Crippen molar-refractivity contribution in [2.45, 2.75) is 58.9 Å². The highest BCUT2D eigenvalue weighted by molar-refractivity contribution is 4.95. The average Bonchev–Trinajstić information content (AvgIpc) is 2.38. The summed E-state index contributed by atoms with van der Waals surface area (Å²) >= 11 is 0. The molecule has 0 aromatic heterocycles. The van der Waals surface area contributed by atoms with Crippen LogP contribution in [0.2, 0.25) is 0 Å². The second-order valence-corrected chi connectivity index (χ2v) is 6.68. The Labute approximate surface area is 119 Å². The monoisotopic (exact) mass is 270 g/mol. The fourth-order valence-corrected chi connectivity index (χ4v) is 3.46. The molecule has 2 atom stereocenters. The largest absolute Gasteiger partial charge is 0.380 e. The molecule has 0 amide bonds. The van der Waals surface area contributed by atoms with Gasteiger partial charge in [0.1, 0.15) is 0 Å². The molecule has 0 aromatic rings. The van der Waals surface area contributed by atoms with Gasteiger partial charge in [0.25, 0.3) is 0 Å². The molecule has 2 unspecified atom stereocenters. The molecule has 3 nitrogen and oxygen atoms in total. The molecule has 0 radical (unpaired) electrons. The van der Waals surface area contributed by atoms with Gasteiger partial charge in [-0.05, 0) is 31.2 Å². The zero-order valence-electron chi connectivity index (χ0n) is 13.5. The molecule has 1 aliphatic rings. The molecule has 0 bridgehead atoms. The smallest absolute Gasteiger partial charge is 0.0593 e. The lowest BCUT2D eigenvalue weighted by atomic mass is 9.75. The minimum Gasteiger partial charge on any atom is -0.380 e. The van der Waals surface area contributed by atoms with Crippen molar-refractivity contribution in [3.8, 4) is 0 Å². The predicted molar refractivity (Wildman–Crippen MR) is 82.3 cm³/mol. The van der Waals surface area contributed by atoms with Crippen molar-refractivity contribution in [2.24, 2.45) is 17.6 Å². The Balaban J connectivity index is 2.50. The van der Waals surface area contributed by atoms with Gasteiger partial charge in [-0.3, -0.25) is 4.90 Å². The Bertz CT molecular complexity index is 245. The fraction of sp³-hybridized carbons (Fsp3) is 1.00. The topological polar surface area (TPSA) is 38.5 Å². The second kappa shape index (κ2) is 8.23.